The number of hydrogen-bond acceptors (Lipinski definition) is 3. The Morgan fingerprint density at radius 3 is 2.58 bits per heavy atom. The smallest absolute Gasteiger partial charge is 0.128 e. The highest BCUT2D eigenvalue weighted by Gasteiger charge is 2.37. The van der Waals surface area contributed by atoms with Crippen molar-refractivity contribution in [2.75, 3.05) is 6.61 Å². The van der Waals surface area contributed by atoms with Gasteiger partial charge in [0.1, 0.15) is 5.75 Å². The molecule has 0 N–H and O–H groups in total. The zero-order valence-corrected chi connectivity index (χ0v) is 15.5. The number of rotatable bonds is 1. The monoisotopic (exact) mass is 377 g/mol. The molecule has 2 nitrogen and oxygen atoms in total. The Bertz CT molecular complexity index is 999. The highest BCUT2D eigenvalue weighted by atomic mass is 35.5. The molecule has 3 aromatic rings. The van der Waals surface area contributed by atoms with Crippen molar-refractivity contribution < 1.29 is 4.74 Å². The van der Waals surface area contributed by atoms with Crippen LogP contribution < -0.4 is 4.74 Å². The van der Waals surface area contributed by atoms with E-state index in [9.17, 15) is 0 Å². The summed E-state index contributed by atoms with van der Waals surface area (Å²) in [4.78, 5) is 6.29. The summed E-state index contributed by atoms with van der Waals surface area (Å²) in [5, 5.41) is 0.981. The average Bonchev–Trinajstić information content (AvgIpc) is 2.85. The SMILES string of the molecule is Clc1ccc([C@@H]2Sc3ccccc3N=C3c4ccccc4OC[C@@H]32)cc1. The lowest BCUT2D eigenvalue weighted by Crippen LogP contribution is -2.31. The molecule has 0 bridgehead atoms. The van der Waals surface area contributed by atoms with Gasteiger partial charge in [-0.25, -0.2) is 0 Å². The number of thioether (sulfide) groups is 1. The quantitative estimate of drug-likeness (QED) is 0.495. The fourth-order valence-corrected chi connectivity index (χ4v) is 5.04. The van der Waals surface area contributed by atoms with E-state index in [1.807, 2.05) is 48.2 Å². The Morgan fingerprint density at radius 1 is 0.923 bits per heavy atom. The van der Waals surface area contributed by atoms with Crippen LogP contribution in [-0.4, -0.2) is 12.3 Å². The van der Waals surface area contributed by atoms with E-state index in [1.165, 1.54) is 10.5 Å². The lowest BCUT2D eigenvalue weighted by molar-refractivity contribution is 0.271. The number of ether oxygens (including phenoxy) is 1. The van der Waals surface area contributed by atoms with Crippen molar-refractivity contribution in [1.82, 2.24) is 0 Å². The van der Waals surface area contributed by atoms with E-state index in [0.29, 0.717) is 6.61 Å². The van der Waals surface area contributed by atoms with E-state index in [-0.39, 0.29) is 11.2 Å². The van der Waals surface area contributed by atoms with Crippen LogP contribution in [0.1, 0.15) is 16.4 Å². The van der Waals surface area contributed by atoms with Gasteiger partial charge in [0.15, 0.2) is 0 Å². The zero-order valence-electron chi connectivity index (χ0n) is 13.9. The molecular weight excluding hydrogens is 362 g/mol. The molecule has 2 aliphatic rings. The van der Waals surface area contributed by atoms with E-state index in [2.05, 4.69) is 36.4 Å². The molecule has 5 rings (SSSR count). The highest BCUT2D eigenvalue weighted by Crippen LogP contribution is 2.50. The first-order valence-corrected chi connectivity index (χ1v) is 9.87. The first-order chi connectivity index (χ1) is 12.8. The van der Waals surface area contributed by atoms with Crippen LogP contribution in [0.4, 0.5) is 5.69 Å². The van der Waals surface area contributed by atoms with Crippen LogP contribution in [0.3, 0.4) is 0 Å². The molecule has 0 fully saturated rings. The van der Waals surface area contributed by atoms with E-state index in [4.69, 9.17) is 21.3 Å². The summed E-state index contributed by atoms with van der Waals surface area (Å²) in [7, 11) is 0. The Balaban J connectivity index is 1.70. The summed E-state index contributed by atoms with van der Waals surface area (Å²) in [6.45, 7) is 0.629. The molecule has 2 heterocycles. The maximum Gasteiger partial charge on any atom is 0.128 e. The van der Waals surface area contributed by atoms with Crippen LogP contribution >= 0.6 is 23.4 Å². The molecule has 2 atom stereocenters. The Labute approximate surface area is 161 Å². The lowest BCUT2D eigenvalue weighted by Gasteiger charge is -2.31. The molecule has 0 spiro atoms. The van der Waals surface area contributed by atoms with Crippen LogP contribution in [0.25, 0.3) is 0 Å². The van der Waals surface area contributed by atoms with Gasteiger partial charge < -0.3 is 4.74 Å². The molecule has 0 saturated heterocycles. The molecule has 0 amide bonds. The Kier molecular flexibility index (Phi) is 3.99. The van der Waals surface area contributed by atoms with Crippen LogP contribution in [0, 0.1) is 5.92 Å². The summed E-state index contributed by atoms with van der Waals surface area (Å²) in [6.07, 6.45) is 0. The molecule has 0 aliphatic carbocycles. The third-order valence-electron chi connectivity index (χ3n) is 4.86. The van der Waals surface area contributed by atoms with Crippen molar-refractivity contribution in [3.63, 3.8) is 0 Å². The average molecular weight is 378 g/mol. The maximum absolute atomic E-state index is 6.11. The minimum atomic E-state index is 0.184. The number of hydrogen-bond donors (Lipinski definition) is 0. The third-order valence-corrected chi connectivity index (χ3v) is 6.56. The third kappa shape index (κ3) is 2.72. The molecule has 0 unspecified atom stereocenters. The van der Waals surface area contributed by atoms with Crippen molar-refractivity contribution in [1.29, 1.82) is 0 Å². The van der Waals surface area contributed by atoms with Crippen LogP contribution in [0.15, 0.2) is 82.7 Å². The molecule has 0 radical (unpaired) electrons. The van der Waals surface area contributed by atoms with Gasteiger partial charge in [0.2, 0.25) is 0 Å². The zero-order chi connectivity index (χ0) is 17.5. The van der Waals surface area contributed by atoms with E-state index < -0.39 is 0 Å². The number of nitrogens with zero attached hydrogens (tertiary/aromatic N) is 1. The van der Waals surface area contributed by atoms with E-state index in [1.54, 1.807) is 0 Å². The standard InChI is InChI=1S/C22H16ClNOS/c23-15-11-9-14(10-12-15)22-17-13-25-19-7-3-1-5-16(19)21(17)24-18-6-2-4-8-20(18)26-22/h1-12,17,22H,13H2/t17-,22-/m0/s1. The van der Waals surface area contributed by atoms with Gasteiger partial charge in [-0.15, -0.1) is 11.8 Å². The first kappa shape index (κ1) is 16.0. The van der Waals surface area contributed by atoms with Crippen molar-refractivity contribution in [2.24, 2.45) is 10.9 Å². The summed E-state index contributed by atoms with van der Waals surface area (Å²) in [5.74, 6) is 1.10. The van der Waals surface area contributed by atoms with Crippen LogP contribution in [0.2, 0.25) is 5.02 Å². The summed E-state index contributed by atoms with van der Waals surface area (Å²) >= 11 is 7.97. The molecule has 0 aromatic heterocycles. The second-order valence-electron chi connectivity index (χ2n) is 6.47. The maximum atomic E-state index is 6.11. The van der Waals surface area contributed by atoms with Crippen molar-refractivity contribution >= 4 is 34.8 Å². The number of fused-ring (bicyclic) bond motifs is 4. The summed E-state index contributed by atoms with van der Waals surface area (Å²) < 4.78 is 6.10. The first-order valence-electron chi connectivity index (χ1n) is 8.61. The number of aliphatic imine (C=N–C) groups is 1. The van der Waals surface area contributed by atoms with E-state index in [0.717, 1.165) is 27.7 Å². The predicted molar refractivity (Wildman–Crippen MR) is 108 cm³/mol. The van der Waals surface area contributed by atoms with Crippen LogP contribution in [-0.2, 0) is 0 Å². The second-order valence-corrected chi connectivity index (χ2v) is 8.09. The summed E-state index contributed by atoms with van der Waals surface area (Å²) in [6, 6.07) is 24.7. The van der Waals surface area contributed by atoms with Crippen molar-refractivity contribution in [2.45, 2.75) is 10.1 Å². The van der Waals surface area contributed by atoms with Gasteiger partial charge >= 0.3 is 0 Å². The minimum Gasteiger partial charge on any atom is -0.492 e. The van der Waals surface area contributed by atoms with E-state index >= 15 is 0 Å². The van der Waals surface area contributed by atoms with Crippen molar-refractivity contribution in [3.8, 4) is 5.75 Å². The minimum absolute atomic E-state index is 0.184. The van der Waals surface area contributed by atoms with Gasteiger partial charge in [0, 0.05) is 20.7 Å². The van der Waals surface area contributed by atoms with Crippen LogP contribution in [0.5, 0.6) is 5.75 Å². The van der Waals surface area contributed by atoms with Gasteiger partial charge in [0.25, 0.3) is 0 Å². The molecule has 2 aliphatic heterocycles. The molecule has 128 valence electrons. The fourth-order valence-electron chi connectivity index (χ4n) is 3.59. The molecule has 0 saturated carbocycles. The number of halogens is 1. The topological polar surface area (TPSA) is 21.6 Å². The predicted octanol–water partition coefficient (Wildman–Crippen LogP) is 6.32. The summed E-state index contributed by atoms with van der Waals surface area (Å²) in [5.41, 5.74) is 4.49. The number of benzene rings is 3. The molecule has 3 aromatic carbocycles. The largest absolute Gasteiger partial charge is 0.492 e. The van der Waals surface area contributed by atoms with Gasteiger partial charge in [-0.3, -0.25) is 4.99 Å². The van der Waals surface area contributed by atoms with Gasteiger partial charge in [-0.05, 0) is 42.0 Å². The molecule has 26 heavy (non-hydrogen) atoms. The molecule has 4 heteroatoms. The highest BCUT2D eigenvalue weighted by molar-refractivity contribution is 7.99. The second kappa shape index (κ2) is 6.49. The van der Waals surface area contributed by atoms with Gasteiger partial charge in [-0.1, -0.05) is 48.0 Å². The molecular formula is C22H16ClNOS. The van der Waals surface area contributed by atoms with Gasteiger partial charge in [0.05, 0.1) is 23.9 Å². The number of para-hydroxylation sites is 2. The Morgan fingerprint density at radius 2 is 1.69 bits per heavy atom. The normalized spacial score (nSPS) is 20.7. The Hall–Kier alpha value is -2.23. The lowest BCUT2D eigenvalue weighted by atomic mass is 9.88. The van der Waals surface area contributed by atoms with Gasteiger partial charge in [-0.2, -0.15) is 0 Å². The van der Waals surface area contributed by atoms with Crippen molar-refractivity contribution in [3.05, 3.63) is 88.9 Å². The fraction of sp³-hybridized carbons (Fsp3) is 0.136.